The van der Waals surface area contributed by atoms with Gasteiger partial charge in [0.25, 0.3) is 0 Å². The van der Waals surface area contributed by atoms with Crippen molar-refractivity contribution >= 4 is 11.7 Å². The molecule has 1 atom stereocenters. The Morgan fingerprint density at radius 2 is 1.97 bits per heavy atom. The molecule has 1 aromatic carbocycles. The molecule has 156 valence electrons. The zero-order valence-corrected chi connectivity index (χ0v) is 17.5. The molecule has 0 spiro atoms. The largest absolute Gasteiger partial charge is 0.462 e. The lowest BCUT2D eigenvalue weighted by molar-refractivity contribution is 0.0526. The predicted molar refractivity (Wildman–Crippen MR) is 117 cm³/mol. The van der Waals surface area contributed by atoms with Gasteiger partial charge in [0.15, 0.2) is 5.82 Å². The summed E-state index contributed by atoms with van der Waals surface area (Å²) in [5, 5.41) is 8.02. The van der Waals surface area contributed by atoms with Crippen molar-refractivity contribution < 1.29 is 9.53 Å². The van der Waals surface area contributed by atoms with E-state index in [9.17, 15) is 4.79 Å². The lowest BCUT2D eigenvalue weighted by Crippen LogP contribution is -2.12. The molecule has 0 aliphatic heterocycles. The summed E-state index contributed by atoms with van der Waals surface area (Å²) in [7, 11) is 0. The van der Waals surface area contributed by atoms with Crippen molar-refractivity contribution in [2.45, 2.75) is 51.5 Å². The van der Waals surface area contributed by atoms with Gasteiger partial charge in [0.1, 0.15) is 0 Å². The number of anilines is 1. The molecule has 1 unspecified atom stereocenters. The van der Waals surface area contributed by atoms with E-state index < -0.39 is 0 Å². The average Bonchev–Trinajstić information content (AvgIpc) is 3.51. The molecule has 1 aliphatic carbocycles. The molecule has 4 rings (SSSR count). The minimum absolute atomic E-state index is 0.144. The third kappa shape index (κ3) is 4.70. The number of esters is 1. The van der Waals surface area contributed by atoms with E-state index in [4.69, 9.17) is 4.74 Å². The lowest BCUT2D eigenvalue weighted by Gasteiger charge is -2.20. The van der Waals surface area contributed by atoms with Gasteiger partial charge >= 0.3 is 5.97 Å². The number of benzene rings is 1. The van der Waals surface area contributed by atoms with Gasteiger partial charge in [0, 0.05) is 6.20 Å². The number of hydrogen-bond acceptors (Lipinski definition) is 5. The van der Waals surface area contributed by atoms with Crippen LogP contribution in [0.3, 0.4) is 0 Å². The van der Waals surface area contributed by atoms with Gasteiger partial charge in [-0.3, -0.25) is 0 Å². The summed E-state index contributed by atoms with van der Waals surface area (Å²) in [6, 6.07) is 11.8. The first-order chi connectivity index (χ1) is 14.7. The molecule has 0 saturated heterocycles. The second kappa shape index (κ2) is 9.11. The van der Waals surface area contributed by atoms with Gasteiger partial charge in [-0.2, -0.15) is 5.10 Å². The molecule has 0 radical (unpaired) electrons. The monoisotopic (exact) mass is 404 g/mol. The molecule has 3 aromatic rings. The van der Waals surface area contributed by atoms with Crippen molar-refractivity contribution in [2.24, 2.45) is 0 Å². The number of ether oxygens (including phenoxy) is 1. The van der Waals surface area contributed by atoms with Crippen molar-refractivity contribution in [1.29, 1.82) is 0 Å². The van der Waals surface area contributed by atoms with E-state index in [-0.39, 0.29) is 12.0 Å². The lowest BCUT2D eigenvalue weighted by atomic mass is 10.0. The third-order valence-corrected chi connectivity index (χ3v) is 5.38. The zero-order chi connectivity index (χ0) is 20.9. The second-order valence-electron chi connectivity index (χ2n) is 7.73. The number of pyridine rings is 1. The van der Waals surface area contributed by atoms with Gasteiger partial charge in [-0.05, 0) is 67.5 Å². The van der Waals surface area contributed by atoms with Gasteiger partial charge in [-0.25, -0.2) is 14.5 Å². The fourth-order valence-electron chi connectivity index (χ4n) is 3.57. The number of carbonyl (C=O) groups is 1. The number of aromatic nitrogens is 3. The number of nitrogens with zero attached hydrogens (tertiary/aromatic N) is 3. The van der Waals surface area contributed by atoms with E-state index in [0.717, 1.165) is 29.9 Å². The van der Waals surface area contributed by atoms with Gasteiger partial charge in [0.05, 0.1) is 36.3 Å². The standard InChI is InChI=1S/C24H28N4O2/c1-3-5-22(18-8-10-19(11-9-18)24(29)30-4-2)27-21-12-13-23(25-15-21)28-16-20(14-26-28)17-6-7-17/h8-17,22,27H,3-7H2,1-2H3. The van der Waals surface area contributed by atoms with Crippen molar-refractivity contribution in [2.75, 3.05) is 11.9 Å². The predicted octanol–water partition coefficient (Wildman–Crippen LogP) is 5.27. The molecule has 0 bridgehead atoms. The Balaban J connectivity index is 1.45. The highest BCUT2D eigenvalue weighted by Crippen LogP contribution is 2.39. The van der Waals surface area contributed by atoms with E-state index in [2.05, 4.69) is 28.5 Å². The molecular weight excluding hydrogens is 376 g/mol. The minimum Gasteiger partial charge on any atom is -0.462 e. The molecule has 1 aliphatic rings. The number of carbonyl (C=O) groups excluding carboxylic acids is 1. The van der Waals surface area contributed by atoms with Crippen molar-refractivity contribution in [3.8, 4) is 5.82 Å². The van der Waals surface area contributed by atoms with Gasteiger partial charge in [-0.1, -0.05) is 25.5 Å². The zero-order valence-electron chi connectivity index (χ0n) is 17.5. The minimum atomic E-state index is -0.285. The van der Waals surface area contributed by atoms with Crippen LogP contribution in [0.25, 0.3) is 5.82 Å². The Morgan fingerprint density at radius 1 is 1.17 bits per heavy atom. The summed E-state index contributed by atoms with van der Waals surface area (Å²) in [6.07, 6.45) is 10.4. The summed E-state index contributed by atoms with van der Waals surface area (Å²) in [5.41, 5.74) is 3.97. The molecule has 6 nitrogen and oxygen atoms in total. The molecule has 1 N–H and O–H groups in total. The molecule has 2 aromatic heterocycles. The molecule has 6 heteroatoms. The van der Waals surface area contributed by atoms with Crippen LogP contribution in [0.4, 0.5) is 5.69 Å². The van der Waals surface area contributed by atoms with Crippen molar-refractivity contribution in [1.82, 2.24) is 14.8 Å². The van der Waals surface area contributed by atoms with E-state index >= 15 is 0 Å². The maximum atomic E-state index is 11.9. The SMILES string of the molecule is CCCC(Nc1ccc(-n2cc(C3CC3)cn2)nc1)c1ccc(C(=O)OCC)cc1. The smallest absolute Gasteiger partial charge is 0.338 e. The molecule has 2 heterocycles. The molecular formula is C24H28N4O2. The first kappa shape index (κ1) is 20.1. The third-order valence-electron chi connectivity index (χ3n) is 5.38. The molecule has 1 fully saturated rings. The highest BCUT2D eigenvalue weighted by Gasteiger charge is 2.25. The fraction of sp³-hybridized carbons (Fsp3) is 0.375. The van der Waals surface area contributed by atoms with Crippen LogP contribution in [0.2, 0.25) is 0 Å². The fourth-order valence-corrected chi connectivity index (χ4v) is 3.57. The van der Waals surface area contributed by atoms with E-state index in [1.54, 1.807) is 0 Å². The highest BCUT2D eigenvalue weighted by molar-refractivity contribution is 5.89. The first-order valence-electron chi connectivity index (χ1n) is 10.7. The van der Waals surface area contributed by atoms with Gasteiger partial charge < -0.3 is 10.1 Å². The molecule has 30 heavy (non-hydrogen) atoms. The summed E-state index contributed by atoms with van der Waals surface area (Å²) in [6.45, 7) is 4.35. The van der Waals surface area contributed by atoms with Crippen LogP contribution >= 0.6 is 0 Å². The van der Waals surface area contributed by atoms with Gasteiger partial charge in [-0.15, -0.1) is 0 Å². The number of rotatable bonds is 9. The van der Waals surface area contributed by atoms with Crippen molar-refractivity contribution in [3.63, 3.8) is 0 Å². The second-order valence-corrected chi connectivity index (χ2v) is 7.73. The quantitative estimate of drug-likeness (QED) is 0.492. The van der Waals surface area contributed by atoms with Crippen LogP contribution in [-0.2, 0) is 4.74 Å². The van der Waals surface area contributed by atoms with Crippen LogP contribution in [0.1, 0.15) is 73.0 Å². The van der Waals surface area contributed by atoms with Crippen LogP contribution in [-0.4, -0.2) is 27.3 Å². The normalized spacial score (nSPS) is 14.3. The van der Waals surface area contributed by atoms with E-state index in [1.807, 2.05) is 60.4 Å². The Hall–Kier alpha value is -3.15. The summed E-state index contributed by atoms with van der Waals surface area (Å²) in [4.78, 5) is 16.5. The number of hydrogen-bond donors (Lipinski definition) is 1. The highest BCUT2D eigenvalue weighted by atomic mass is 16.5. The van der Waals surface area contributed by atoms with Crippen molar-refractivity contribution in [3.05, 3.63) is 71.7 Å². The molecule has 0 amide bonds. The topological polar surface area (TPSA) is 69.0 Å². The van der Waals surface area contributed by atoms with Crippen LogP contribution in [0.5, 0.6) is 0 Å². The Bertz CT molecular complexity index is 975. The number of nitrogens with one attached hydrogen (secondary N) is 1. The van der Waals surface area contributed by atoms with Gasteiger partial charge in [0.2, 0.25) is 0 Å². The maximum Gasteiger partial charge on any atom is 0.338 e. The Morgan fingerprint density at radius 3 is 2.60 bits per heavy atom. The average molecular weight is 405 g/mol. The van der Waals surface area contributed by atoms with Crippen LogP contribution in [0, 0.1) is 0 Å². The van der Waals surface area contributed by atoms with Crippen LogP contribution < -0.4 is 5.32 Å². The summed E-state index contributed by atoms with van der Waals surface area (Å²) in [5.74, 6) is 1.22. The first-order valence-corrected chi connectivity index (χ1v) is 10.7. The molecule has 1 saturated carbocycles. The Kier molecular flexibility index (Phi) is 6.12. The summed E-state index contributed by atoms with van der Waals surface area (Å²) < 4.78 is 6.91. The van der Waals surface area contributed by atoms with E-state index in [1.165, 1.54) is 18.4 Å². The van der Waals surface area contributed by atoms with E-state index in [0.29, 0.717) is 18.1 Å². The summed E-state index contributed by atoms with van der Waals surface area (Å²) >= 11 is 0. The Labute approximate surface area is 177 Å². The maximum absolute atomic E-state index is 11.9. The van der Waals surface area contributed by atoms with Crippen LogP contribution in [0.15, 0.2) is 55.0 Å².